The van der Waals surface area contributed by atoms with Crippen molar-refractivity contribution >= 4 is 21.8 Å². The Labute approximate surface area is 119 Å². The van der Waals surface area contributed by atoms with Crippen LogP contribution in [0.3, 0.4) is 0 Å². The number of hydrogen-bond acceptors (Lipinski definition) is 3. The van der Waals surface area contributed by atoms with Crippen LogP contribution in [0.2, 0.25) is 0 Å². The van der Waals surface area contributed by atoms with Crippen molar-refractivity contribution in [1.82, 2.24) is 19.7 Å². The Bertz CT molecular complexity index is 975. The Balaban J connectivity index is 2.17. The molecule has 5 heteroatoms. The van der Waals surface area contributed by atoms with Crippen molar-refractivity contribution in [3.63, 3.8) is 0 Å². The molecular weight excluding hydrogens is 267 g/mol. The van der Waals surface area contributed by atoms with E-state index in [0.29, 0.717) is 11.4 Å². The Morgan fingerprint density at radius 1 is 1.10 bits per heavy atom. The molecule has 102 valence electrons. The second kappa shape index (κ2) is 4.34. The summed E-state index contributed by atoms with van der Waals surface area (Å²) in [5, 5.41) is 5.94. The maximum absolute atomic E-state index is 14.7. The van der Waals surface area contributed by atoms with Gasteiger partial charge in [-0.05, 0) is 19.1 Å². The molecule has 0 amide bonds. The standard InChI is InChI=1S/C16H11FN4/c1-10-15(17)16(12-4-2-3-5-13(12)20-10)21-14-6-7-18-8-11(14)9-19-21/h2-9H,1H3. The van der Waals surface area contributed by atoms with Crippen LogP contribution in [-0.2, 0) is 0 Å². The molecule has 0 saturated carbocycles. The van der Waals surface area contributed by atoms with Crippen molar-refractivity contribution in [1.29, 1.82) is 0 Å². The van der Waals surface area contributed by atoms with Crippen LogP contribution in [0.1, 0.15) is 5.69 Å². The van der Waals surface area contributed by atoms with Gasteiger partial charge in [-0.1, -0.05) is 18.2 Å². The van der Waals surface area contributed by atoms with Crippen LogP contribution < -0.4 is 0 Å². The molecule has 0 aliphatic heterocycles. The first-order valence-electron chi connectivity index (χ1n) is 6.58. The summed E-state index contributed by atoms with van der Waals surface area (Å²) in [6.45, 7) is 1.67. The van der Waals surface area contributed by atoms with Crippen molar-refractivity contribution in [3.8, 4) is 5.69 Å². The lowest BCUT2D eigenvalue weighted by atomic mass is 10.1. The van der Waals surface area contributed by atoms with Crippen molar-refractivity contribution in [2.75, 3.05) is 0 Å². The zero-order chi connectivity index (χ0) is 14.4. The minimum atomic E-state index is -0.351. The summed E-state index contributed by atoms with van der Waals surface area (Å²) in [5.74, 6) is -0.351. The maximum atomic E-state index is 14.7. The second-order valence-electron chi connectivity index (χ2n) is 4.87. The van der Waals surface area contributed by atoms with Gasteiger partial charge in [-0.3, -0.25) is 4.98 Å². The predicted molar refractivity (Wildman–Crippen MR) is 78.9 cm³/mol. The van der Waals surface area contributed by atoms with E-state index in [1.807, 2.05) is 30.3 Å². The third-order valence-electron chi connectivity index (χ3n) is 3.55. The van der Waals surface area contributed by atoms with E-state index >= 15 is 0 Å². The molecule has 0 radical (unpaired) electrons. The highest BCUT2D eigenvalue weighted by Gasteiger charge is 2.16. The highest BCUT2D eigenvalue weighted by Crippen LogP contribution is 2.27. The van der Waals surface area contributed by atoms with Gasteiger partial charge in [0.15, 0.2) is 5.82 Å². The van der Waals surface area contributed by atoms with Gasteiger partial charge in [-0.2, -0.15) is 5.10 Å². The van der Waals surface area contributed by atoms with E-state index in [1.54, 1.807) is 30.2 Å². The summed E-state index contributed by atoms with van der Waals surface area (Å²) < 4.78 is 16.3. The topological polar surface area (TPSA) is 43.6 Å². The van der Waals surface area contributed by atoms with Crippen LogP contribution >= 0.6 is 0 Å². The van der Waals surface area contributed by atoms with Crippen LogP contribution in [-0.4, -0.2) is 19.7 Å². The average molecular weight is 278 g/mol. The number of para-hydroxylation sites is 1. The molecule has 21 heavy (non-hydrogen) atoms. The fraction of sp³-hybridized carbons (Fsp3) is 0.0625. The molecule has 0 fully saturated rings. The second-order valence-corrected chi connectivity index (χ2v) is 4.87. The van der Waals surface area contributed by atoms with E-state index in [1.165, 1.54) is 0 Å². The number of halogens is 1. The minimum absolute atomic E-state index is 0.351. The lowest BCUT2D eigenvalue weighted by Gasteiger charge is -2.11. The molecule has 4 aromatic rings. The molecule has 0 unspecified atom stereocenters. The number of nitrogens with zero attached hydrogens (tertiary/aromatic N) is 4. The molecule has 1 aromatic carbocycles. The maximum Gasteiger partial charge on any atom is 0.170 e. The first-order chi connectivity index (χ1) is 10.3. The molecule has 3 aromatic heterocycles. The van der Waals surface area contributed by atoms with E-state index in [9.17, 15) is 4.39 Å². The first kappa shape index (κ1) is 12.0. The zero-order valence-corrected chi connectivity index (χ0v) is 11.3. The molecule has 0 N–H and O–H groups in total. The lowest BCUT2D eigenvalue weighted by Crippen LogP contribution is -2.04. The zero-order valence-electron chi connectivity index (χ0n) is 11.3. The predicted octanol–water partition coefficient (Wildman–Crippen LogP) is 3.42. The van der Waals surface area contributed by atoms with E-state index in [-0.39, 0.29) is 5.82 Å². The van der Waals surface area contributed by atoms with Gasteiger partial charge >= 0.3 is 0 Å². The molecule has 0 aliphatic rings. The summed E-state index contributed by atoms with van der Waals surface area (Å²) in [4.78, 5) is 8.36. The lowest BCUT2D eigenvalue weighted by molar-refractivity contribution is 0.600. The fourth-order valence-corrected chi connectivity index (χ4v) is 2.55. The van der Waals surface area contributed by atoms with Gasteiger partial charge in [0.2, 0.25) is 0 Å². The van der Waals surface area contributed by atoms with Gasteiger partial charge in [-0.25, -0.2) is 14.1 Å². The molecule has 0 atom stereocenters. The van der Waals surface area contributed by atoms with E-state index in [2.05, 4.69) is 15.1 Å². The Hall–Kier alpha value is -2.82. The number of hydrogen-bond donors (Lipinski definition) is 0. The summed E-state index contributed by atoms with van der Waals surface area (Å²) in [7, 11) is 0. The Morgan fingerprint density at radius 3 is 2.86 bits per heavy atom. The van der Waals surface area contributed by atoms with Gasteiger partial charge < -0.3 is 0 Å². The van der Waals surface area contributed by atoms with Crippen LogP contribution in [0.5, 0.6) is 0 Å². The summed E-state index contributed by atoms with van der Waals surface area (Å²) in [5.41, 5.74) is 2.37. The van der Waals surface area contributed by atoms with Crippen LogP contribution in [0, 0.1) is 12.7 Å². The number of aryl methyl sites for hydroxylation is 1. The molecule has 0 bridgehead atoms. The number of benzene rings is 1. The van der Waals surface area contributed by atoms with E-state index < -0.39 is 0 Å². The van der Waals surface area contributed by atoms with Crippen LogP contribution in [0.25, 0.3) is 27.5 Å². The molecule has 0 aliphatic carbocycles. The smallest absolute Gasteiger partial charge is 0.170 e. The van der Waals surface area contributed by atoms with Crippen molar-refractivity contribution in [2.45, 2.75) is 6.92 Å². The van der Waals surface area contributed by atoms with E-state index in [0.717, 1.165) is 21.8 Å². The number of rotatable bonds is 1. The van der Waals surface area contributed by atoms with E-state index in [4.69, 9.17) is 0 Å². The van der Waals surface area contributed by atoms with Gasteiger partial charge in [0, 0.05) is 23.2 Å². The van der Waals surface area contributed by atoms with Crippen molar-refractivity contribution < 1.29 is 4.39 Å². The molecule has 4 nitrogen and oxygen atoms in total. The largest absolute Gasteiger partial charge is 0.264 e. The normalized spacial score (nSPS) is 11.3. The molecule has 4 rings (SSSR count). The highest BCUT2D eigenvalue weighted by atomic mass is 19.1. The van der Waals surface area contributed by atoms with Crippen molar-refractivity contribution in [3.05, 3.63) is 60.4 Å². The average Bonchev–Trinajstić information content (AvgIpc) is 2.92. The molecule has 0 saturated heterocycles. The van der Waals surface area contributed by atoms with Crippen LogP contribution in [0.15, 0.2) is 48.9 Å². The van der Waals surface area contributed by atoms with Crippen LogP contribution in [0.4, 0.5) is 4.39 Å². The summed E-state index contributed by atoms with van der Waals surface area (Å²) in [6, 6.07) is 9.32. The van der Waals surface area contributed by atoms with Gasteiger partial charge in [0.25, 0.3) is 0 Å². The number of aromatic nitrogens is 4. The first-order valence-corrected chi connectivity index (χ1v) is 6.58. The summed E-state index contributed by atoms with van der Waals surface area (Å²) >= 11 is 0. The van der Waals surface area contributed by atoms with Gasteiger partial charge in [-0.15, -0.1) is 0 Å². The van der Waals surface area contributed by atoms with Crippen molar-refractivity contribution in [2.24, 2.45) is 0 Å². The quantitative estimate of drug-likeness (QED) is 0.536. The Kier molecular flexibility index (Phi) is 2.47. The molecular formula is C16H11FN4. The molecule has 3 heterocycles. The highest BCUT2D eigenvalue weighted by molar-refractivity contribution is 5.90. The summed E-state index contributed by atoms with van der Waals surface area (Å²) in [6.07, 6.45) is 5.08. The van der Waals surface area contributed by atoms with Gasteiger partial charge in [0.1, 0.15) is 5.69 Å². The number of pyridine rings is 2. The third-order valence-corrected chi connectivity index (χ3v) is 3.55. The number of fused-ring (bicyclic) bond motifs is 2. The monoisotopic (exact) mass is 278 g/mol. The SMILES string of the molecule is Cc1nc2ccccc2c(-n2ncc3cnccc32)c1F. The van der Waals surface area contributed by atoms with Gasteiger partial charge in [0.05, 0.1) is 22.9 Å². The fourth-order valence-electron chi connectivity index (χ4n) is 2.55. The Morgan fingerprint density at radius 2 is 1.95 bits per heavy atom. The minimum Gasteiger partial charge on any atom is -0.264 e. The third kappa shape index (κ3) is 1.71. The molecule has 0 spiro atoms.